The fraction of sp³-hybridized carbons (Fsp3) is 0.545. The molecule has 0 aromatic carbocycles. The predicted octanol–water partition coefficient (Wildman–Crippen LogP) is 1.19. The third kappa shape index (κ3) is 1.90. The summed E-state index contributed by atoms with van der Waals surface area (Å²) in [6.45, 7) is 8.23. The Labute approximate surface area is 100 Å². The molecule has 2 aromatic heterocycles. The first kappa shape index (κ1) is 11.6. The summed E-state index contributed by atoms with van der Waals surface area (Å²) in [5.41, 5.74) is 7.70. The molecule has 0 unspecified atom stereocenters. The lowest BCUT2D eigenvalue weighted by atomic mass is 9.92. The van der Waals surface area contributed by atoms with Crippen LogP contribution in [-0.2, 0) is 12.5 Å². The molecule has 17 heavy (non-hydrogen) atoms. The summed E-state index contributed by atoms with van der Waals surface area (Å²) in [6.07, 6.45) is 0. The number of rotatable bonds is 1. The maximum Gasteiger partial charge on any atom is 0.177 e. The molecule has 0 bridgehead atoms. The summed E-state index contributed by atoms with van der Waals surface area (Å²) in [7, 11) is 1.90. The molecule has 0 spiro atoms. The lowest BCUT2D eigenvalue weighted by molar-refractivity contribution is 0.539. The summed E-state index contributed by atoms with van der Waals surface area (Å²) in [5, 5.41) is 12.4. The Morgan fingerprint density at radius 2 is 1.94 bits per heavy atom. The molecule has 0 amide bonds. The molecule has 0 saturated carbocycles. The summed E-state index contributed by atoms with van der Waals surface area (Å²) >= 11 is 0. The van der Waals surface area contributed by atoms with E-state index in [1.165, 1.54) is 0 Å². The Balaban J connectivity index is 2.61. The molecule has 0 fully saturated rings. The van der Waals surface area contributed by atoms with E-state index in [9.17, 15) is 0 Å². The van der Waals surface area contributed by atoms with Crippen molar-refractivity contribution in [1.82, 2.24) is 24.8 Å². The van der Waals surface area contributed by atoms with Crippen LogP contribution in [0.5, 0.6) is 0 Å². The van der Waals surface area contributed by atoms with Crippen LogP contribution in [-0.4, -0.2) is 24.8 Å². The molecule has 6 nitrogen and oxygen atoms in total. The van der Waals surface area contributed by atoms with Gasteiger partial charge in [0.05, 0.1) is 5.69 Å². The van der Waals surface area contributed by atoms with E-state index in [-0.39, 0.29) is 5.41 Å². The second kappa shape index (κ2) is 3.58. The quantitative estimate of drug-likeness (QED) is 0.804. The van der Waals surface area contributed by atoms with Gasteiger partial charge in [0.25, 0.3) is 0 Å². The number of aromatic nitrogens is 5. The van der Waals surface area contributed by atoms with Gasteiger partial charge < -0.3 is 5.73 Å². The molecule has 2 rings (SSSR count). The van der Waals surface area contributed by atoms with E-state index in [0.717, 1.165) is 17.2 Å². The molecular formula is C11H18N6. The highest BCUT2D eigenvalue weighted by Crippen LogP contribution is 2.27. The van der Waals surface area contributed by atoms with E-state index in [0.29, 0.717) is 5.82 Å². The molecule has 0 aliphatic rings. The number of hydrogen-bond donors (Lipinski definition) is 1. The zero-order valence-electron chi connectivity index (χ0n) is 10.9. The van der Waals surface area contributed by atoms with Gasteiger partial charge in [-0.2, -0.15) is 9.78 Å². The minimum absolute atomic E-state index is 0.126. The van der Waals surface area contributed by atoms with Crippen molar-refractivity contribution in [2.24, 2.45) is 7.05 Å². The lowest BCUT2D eigenvalue weighted by Gasteiger charge is -2.18. The van der Waals surface area contributed by atoms with Crippen LogP contribution >= 0.6 is 0 Å². The molecule has 0 atom stereocenters. The van der Waals surface area contributed by atoms with Crippen molar-refractivity contribution in [2.75, 3.05) is 5.73 Å². The van der Waals surface area contributed by atoms with Gasteiger partial charge >= 0.3 is 0 Å². The minimum atomic E-state index is -0.126. The highest BCUT2D eigenvalue weighted by atomic mass is 15.5. The van der Waals surface area contributed by atoms with Gasteiger partial charge in [-0.15, -0.1) is 5.10 Å². The number of nitrogens with zero attached hydrogens (tertiary/aromatic N) is 5. The van der Waals surface area contributed by atoms with Gasteiger partial charge in [0.2, 0.25) is 0 Å². The van der Waals surface area contributed by atoms with Crippen molar-refractivity contribution in [3.8, 4) is 5.82 Å². The normalized spacial score (nSPS) is 12.1. The second-order valence-electron chi connectivity index (χ2n) is 5.25. The Bertz CT molecular complexity index is 523. The van der Waals surface area contributed by atoms with Crippen LogP contribution in [0.1, 0.15) is 32.2 Å². The van der Waals surface area contributed by atoms with Gasteiger partial charge in [0.1, 0.15) is 0 Å². The van der Waals surface area contributed by atoms with Crippen LogP contribution < -0.4 is 5.73 Å². The van der Waals surface area contributed by atoms with Gasteiger partial charge in [0.15, 0.2) is 11.6 Å². The number of hydrogen-bond acceptors (Lipinski definition) is 4. The van der Waals surface area contributed by atoms with Crippen molar-refractivity contribution in [3.05, 3.63) is 17.5 Å². The maximum atomic E-state index is 5.88. The van der Waals surface area contributed by atoms with Gasteiger partial charge in [-0.25, -0.2) is 0 Å². The van der Waals surface area contributed by atoms with Gasteiger partial charge in [-0.05, 0) is 6.92 Å². The minimum Gasteiger partial charge on any atom is -0.381 e. The Morgan fingerprint density at radius 3 is 2.41 bits per heavy atom. The molecule has 0 saturated heterocycles. The van der Waals surface area contributed by atoms with E-state index in [1.54, 1.807) is 9.36 Å². The number of aryl methyl sites for hydroxylation is 2. The average molecular weight is 234 g/mol. The fourth-order valence-corrected chi connectivity index (χ4v) is 1.80. The number of nitrogen functional groups attached to an aromatic ring is 1. The van der Waals surface area contributed by atoms with Gasteiger partial charge in [-0.3, -0.25) is 4.68 Å². The van der Waals surface area contributed by atoms with Gasteiger partial charge in [0, 0.05) is 24.2 Å². The predicted molar refractivity (Wildman–Crippen MR) is 66.0 cm³/mol. The third-order valence-corrected chi connectivity index (χ3v) is 2.72. The van der Waals surface area contributed by atoms with Crippen molar-refractivity contribution >= 4 is 5.82 Å². The van der Waals surface area contributed by atoms with E-state index in [1.807, 2.05) is 20.0 Å². The third-order valence-electron chi connectivity index (χ3n) is 2.72. The van der Waals surface area contributed by atoms with Crippen LogP contribution in [0.25, 0.3) is 5.82 Å². The van der Waals surface area contributed by atoms with E-state index in [2.05, 4.69) is 36.2 Å². The van der Waals surface area contributed by atoms with E-state index < -0.39 is 0 Å². The number of nitrogens with two attached hydrogens (primary N) is 1. The topological polar surface area (TPSA) is 74.6 Å². The largest absolute Gasteiger partial charge is 0.381 e. The van der Waals surface area contributed by atoms with Crippen molar-refractivity contribution in [2.45, 2.75) is 33.1 Å². The summed E-state index contributed by atoms with van der Waals surface area (Å²) in [4.78, 5) is 0. The molecule has 2 N–H and O–H groups in total. The van der Waals surface area contributed by atoms with Crippen LogP contribution in [0, 0.1) is 6.92 Å². The molecule has 0 radical (unpaired) electrons. The highest BCUT2D eigenvalue weighted by Gasteiger charge is 2.25. The van der Waals surface area contributed by atoms with Gasteiger partial charge in [-0.1, -0.05) is 26.0 Å². The summed E-state index contributed by atoms with van der Waals surface area (Å²) in [5.74, 6) is 1.21. The lowest BCUT2D eigenvalue weighted by Crippen LogP contribution is -2.19. The smallest absolute Gasteiger partial charge is 0.177 e. The van der Waals surface area contributed by atoms with Crippen LogP contribution in [0.4, 0.5) is 5.82 Å². The molecule has 6 heteroatoms. The summed E-state index contributed by atoms with van der Waals surface area (Å²) < 4.78 is 3.52. The van der Waals surface area contributed by atoms with Crippen molar-refractivity contribution < 1.29 is 0 Å². The maximum absolute atomic E-state index is 5.88. The second-order valence-corrected chi connectivity index (χ2v) is 5.25. The monoisotopic (exact) mass is 234 g/mol. The molecule has 2 aromatic rings. The Morgan fingerprint density at radius 1 is 1.29 bits per heavy atom. The Kier molecular flexibility index (Phi) is 2.45. The van der Waals surface area contributed by atoms with Crippen LogP contribution in [0.15, 0.2) is 6.07 Å². The summed E-state index contributed by atoms with van der Waals surface area (Å²) in [6, 6.07) is 1.96. The molecular weight excluding hydrogens is 216 g/mol. The molecule has 2 heterocycles. The SMILES string of the molecule is Cc1cc(-n2nnc(N)c2C(C)(C)C)nn1C. The highest BCUT2D eigenvalue weighted by molar-refractivity contribution is 5.42. The molecule has 92 valence electrons. The zero-order chi connectivity index (χ0) is 12.8. The average Bonchev–Trinajstić information content (AvgIpc) is 2.70. The first-order valence-electron chi connectivity index (χ1n) is 5.53. The number of anilines is 1. The fourth-order valence-electron chi connectivity index (χ4n) is 1.80. The molecule has 0 aliphatic carbocycles. The van der Waals surface area contributed by atoms with Crippen molar-refractivity contribution in [1.29, 1.82) is 0 Å². The standard InChI is InChI=1S/C11H18N6/c1-7-6-8(14-16(7)5)17-9(11(2,3)4)10(12)13-15-17/h6H,12H2,1-5H3. The van der Waals surface area contributed by atoms with E-state index >= 15 is 0 Å². The Hall–Kier alpha value is -1.85. The van der Waals surface area contributed by atoms with E-state index in [4.69, 9.17) is 5.73 Å². The van der Waals surface area contributed by atoms with Crippen molar-refractivity contribution in [3.63, 3.8) is 0 Å². The van der Waals surface area contributed by atoms with Crippen LogP contribution in [0.3, 0.4) is 0 Å². The molecule has 0 aliphatic heterocycles. The first-order chi connectivity index (χ1) is 7.80. The first-order valence-corrected chi connectivity index (χ1v) is 5.53. The zero-order valence-corrected chi connectivity index (χ0v) is 10.9. The van der Waals surface area contributed by atoms with Crippen LogP contribution in [0.2, 0.25) is 0 Å².